The summed E-state index contributed by atoms with van der Waals surface area (Å²) in [6.07, 6.45) is 4.88. The van der Waals surface area contributed by atoms with E-state index in [4.69, 9.17) is 9.15 Å². The number of nitrogens with zero attached hydrogens (tertiary/aromatic N) is 4. The summed E-state index contributed by atoms with van der Waals surface area (Å²) in [6, 6.07) is 1.43. The molecule has 126 valence electrons. The van der Waals surface area contributed by atoms with Gasteiger partial charge in [0.25, 0.3) is 0 Å². The molecule has 1 aliphatic heterocycles. The smallest absolute Gasteiger partial charge is 0.322 e. The summed E-state index contributed by atoms with van der Waals surface area (Å²) in [5, 5.41) is 10.8. The molecule has 3 heterocycles. The number of carbonyl (C=O) groups is 1. The Balaban J connectivity index is 1.51. The number of carbonyl (C=O) groups excluding carboxylic acids is 1. The first-order chi connectivity index (χ1) is 11.7. The van der Waals surface area contributed by atoms with E-state index in [9.17, 15) is 4.79 Å². The van der Waals surface area contributed by atoms with Gasteiger partial charge < -0.3 is 19.4 Å². The Morgan fingerprint density at radius 1 is 1.38 bits per heavy atom. The number of ether oxygens (including phenoxy) is 1. The molecule has 0 aromatic carbocycles. The average molecular weight is 329 g/mol. The van der Waals surface area contributed by atoms with Crippen LogP contribution in [0, 0.1) is 6.92 Å². The largest absolute Gasteiger partial charge is 0.423 e. The highest BCUT2D eigenvalue weighted by Gasteiger charge is 2.32. The Kier molecular flexibility index (Phi) is 3.89. The topological polar surface area (TPSA) is 93.4 Å². The zero-order chi connectivity index (χ0) is 16.5. The maximum Gasteiger partial charge on any atom is 0.322 e. The van der Waals surface area contributed by atoms with Crippen molar-refractivity contribution in [3.8, 4) is 0 Å². The number of urea groups is 1. The molecule has 0 radical (unpaired) electrons. The predicted molar refractivity (Wildman–Crippen MR) is 84.6 cm³/mol. The van der Waals surface area contributed by atoms with Crippen LogP contribution < -0.4 is 5.32 Å². The summed E-state index contributed by atoms with van der Waals surface area (Å²) in [5.74, 6) is 0.869. The fourth-order valence-corrected chi connectivity index (χ4v) is 3.19. The zero-order valence-electron chi connectivity index (χ0n) is 13.5. The molecule has 1 saturated heterocycles. The lowest BCUT2D eigenvalue weighted by Gasteiger charge is -2.33. The number of fused-ring (bicyclic) bond motifs is 1. The molecule has 2 aliphatic rings. The van der Waals surface area contributed by atoms with Gasteiger partial charge in [0, 0.05) is 19.2 Å². The first kappa shape index (κ1) is 15.1. The molecule has 0 bridgehead atoms. The number of aryl methyl sites for hydroxylation is 3. The molecular weight excluding hydrogens is 310 g/mol. The van der Waals surface area contributed by atoms with Crippen LogP contribution in [0.4, 0.5) is 10.5 Å². The van der Waals surface area contributed by atoms with E-state index in [1.54, 1.807) is 18.0 Å². The van der Waals surface area contributed by atoms with Gasteiger partial charge in [-0.15, -0.1) is 10.2 Å². The minimum Gasteiger partial charge on any atom is -0.423 e. The molecule has 1 atom stereocenters. The fraction of sp³-hybridized carbons (Fsp3) is 0.500. The Labute approximate surface area is 139 Å². The van der Waals surface area contributed by atoms with E-state index in [2.05, 4.69) is 20.5 Å². The zero-order valence-corrected chi connectivity index (χ0v) is 13.5. The molecule has 0 saturated carbocycles. The molecule has 2 aromatic heterocycles. The lowest BCUT2D eigenvalue weighted by atomic mass is 10.2. The lowest BCUT2D eigenvalue weighted by Crippen LogP contribution is -2.45. The number of morpholine rings is 1. The number of anilines is 1. The molecule has 8 nitrogen and oxygen atoms in total. The SMILES string of the molecule is Cc1nnc([C@@H]2COCCN2C(=O)Nc2cnc3c(c2)CCC3)o1. The minimum atomic E-state index is -0.373. The van der Waals surface area contributed by atoms with Gasteiger partial charge in [-0.1, -0.05) is 0 Å². The van der Waals surface area contributed by atoms with E-state index in [-0.39, 0.29) is 12.1 Å². The van der Waals surface area contributed by atoms with Crippen molar-refractivity contribution in [1.29, 1.82) is 0 Å². The van der Waals surface area contributed by atoms with Gasteiger partial charge in [-0.2, -0.15) is 0 Å². The molecule has 1 fully saturated rings. The highest BCUT2D eigenvalue weighted by molar-refractivity contribution is 5.89. The molecule has 1 aliphatic carbocycles. The molecule has 24 heavy (non-hydrogen) atoms. The maximum atomic E-state index is 12.7. The summed E-state index contributed by atoms with van der Waals surface area (Å²) in [4.78, 5) is 18.8. The van der Waals surface area contributed by atoms with Crippen molar-refractivity contribution in [2.24, 2.45) is 0 Å². The quantitative estimate of drug-likeness (QED) is 0.904. The number of rotatable bonds is 2. The average Bonchev–Trinajstić information content (AvgIpc) is 3.23. The maximum absolute atomic E-state index is 12.7. The standard InChI is InChI=1S/C16H19N5O3/c1-10-19-20-15(24-10)14-9-23-6-5-21(14)16(22)18-12-7-11-3-2-4-13(11)17-8-12/h7-8,14H,2-6,9H2,1H3,(H,18,22)/t14-/m0/s1. The van der Waals surface area contributed by atoms with E-state index >= 15 is 0 Å². The third-order valence-electron chi connectivity index (χ3n) is 4.39. The van der Waals surface area contributed by atoms with Gasteiger partial charge >= 0.3 is 6.03 Å². The van der Waals surface area contributed by atoms with Crippen molar-refractivity contribution < 1.29 is 13.9 Å². The molecule has 0 spiro atoms. The molecule has 2 aromatic rings. The van der Waals surface area contributed by atoms with Crippen LogP contribution in [0.5, 0.6) is 0 Å². The first-order valence-corrected chi connectivity index (χ1v) is 8.14. The van der Waals surface area contributed by atoms with Gasteiger partial charge in [0.15, 0.2) is 0 Å². The Morgan fingerprint density at radius 2 is 2.29 bits per heavy atom. The first-order valence-electron chi connectivity index (χ1n) is 8.14. The van der Waals surface area contributed by atoms with Gasteiger partial charge in [-0.3, -0.25) is 4.98 Å². The van der Waals surface area contributed by atoms with Crippen molar-refractivity contribution in [3.63, 3.8) is 0 Å². The van der Waals surface area contributed by atoms with E-state index in [1.165, 1.54) is 5.56 Å². The van der Waals surface area contributed by atoms with Crippen LogP contribution >= 0.6 is 0 Å². The van der Waals surface area contributed by atoms with E-state index in [0.29, 0.717) is 37.2 Å². The summed E-state index contributed by atoms with van der Waals surface area (Å²) in [5.41, 5.74) is 3.07. The molecule has 0 unspecified atom stereocenters. The second-order valence-electron chi connectivity index (χ2n) is 6.06. The second-order valence-corrected chi connectivity index (χ2v) is 6.06. The number of hydrogen-bond donors (Lipinski definition) is 1. The van der Waals surface area contributed by atoms with Crippen molar-refractivity contribution in [2.45, 2.75) is 32.2 Å². The van der Waals surface area contributed by atoms with Crippen LogP contribution in [0.15, 0.2) is 16.7 Å². The number of aromatic nitrogens is 3. The van der Waals surface area contributed by atoms with E-state index in [0.717, 1.165) is 25.0 Å². The Morgan fingerprint density at radius 3 is 3.12 bits per heavy atom. The van der Waals surface area contributed by atoms with Crippen molar-refractivity contribution in [2.75, 3.05) is 25.1 Å². The van der Waals surface area contributed by atoms with Crippen LogP contribution in [-0.4, -0.2) is 45.9 Å². The molecule has 4 rings (SSSR count). The second kappa shape index (κ2) is 6.20. The van der Waals surface area contributed by atoms with Gasteiger partial charge in [0.2, 0.25) is 11.8 Å². The van der Waals surface area contributed by atoms with Crippen molar-refractivity contribution in [1.82, 2.24) is 20.1 Å². The van der Waals surface area contributed by atoms with Gasteiger partial charge in [-0.05, 0) is 30.9 Å². The van der Waals surface area contributed by atoms with Gasteiger partial charge in [-0.25, -0.2) is 4.79 Å². The summed E-state index contributed by atoms with van der Waals surface area (Å²) < 4.78 is 11.0. The lowest BCUT2D eigenvalue weighted by molar-refractivity contribution is 0.00511. The van der Waals surface area contributed by atoms with Crippen LogP contribution in [0.25, 0.3) is 0 Å². The van der Waals surface area contributed by atoms with E-state index in [1.807, 2.05) is 6.07 Å². The number of nitrogens with one attached hydrogen (secondary N) is 1. The highest BCUT2D eigenvalue weighted by Crippen LogP contribution is 2.26. The third-order valence-corrected chi connectivity index (χ3v) is 4.39. The van der Waals surface area contributed by atoms with Gasteiger partial charge in [0.05, 0.1) is 25.1 Å². The summed E-state index contributed by atoms with van der Waals surface area (Å²) in [6.45, 7) is 3.02. The molecule has 8 heteroatoms. The predicted octanol–water partition coefficient (Wildman–Crippen LogP) is 1.87. The highest BCUT2D eigenvalue weighted by atomic mass is 16.5. The number of amides is 2. The summed E-state index contributed by atoms with van der Waals surface area (Å²) >= 11 is 0. The van der Waals surface area contributed by atoms with Gasteiger partial charge in [0.1, 0.15) is 6.04 Å². The van der Waals surface area contributed by atoms with Crippen LogP contribution in [0.1, 0.15) is 35.5 Å². The Bertz CT molecular complexity index is 760. The number of hydrogen-bond acceptors (Lipinski definition) is 6. The molecule has 1 N–H and O–H groups in total. The normalized spacial score (nSPS) is 20.0. The van der Waals surface area contributed by atoms with Crippen molar-refractivity contribution in [3.05, 3.63) is 35.3 Å². The molecular formula is C16H19N5O3. The van der Waals surface area contributed by atoms with Crippen LogP contribution in [0.2, 0.25) is 0 Å². The van der Waals surface area contributed by atoms with E-state index < -0.39 is 0 Å². The van der Waals surface area contributed by atoms with Crippen molar-refractivity contribution >= 4 is 11.7 Å². The summed E-state index contributed by atoms with van der Waals surface area (Å²) in [7, 11) is 0. The third kappa shape index (κ3) is 2.84. The number of pyridine rings is 1. The molecule has 2 amide bonds. The Hall–Kier alpha value is -2.48. The minimum absolute atomic E-state index is 0.209. The fourth-order valence-electron chi connectivity index (χ4n) is 3.19. The monoisotopic (exact) mass is 329 g/mol. The van der Waals surface area contributed by atoms with Crippen LogP contribution in [-0.2, 0) is 17.6 Å². The van der Waals surface area contributed by atoms with Crippen LogP contribution in [0.3, 0.4) is 0 Å².